The van der Waals surface area contributed by atoms with Gasteiger partial charge in [0.25, 0.3) is 0 Å². The fraction of sp³-hybridized carbons (Fsp3) is 0.650. The van der Waals surface area contributed by atoms with Crippen LogP contribution in [0.2, 0.25) is 0 Å². The smallest absolute Gasteiger partial charge is 0.342 e. The molecule has 0 N–H and O–H groups in total. The molecule has 5 nitrogen and oxygen atoms in total. The molecule has 0 unspecified atom stereocenters. The number of sulfonamides is 1. The van der Waals surface area contributed by atoms with E-state index < -0.39 is 28.5 Å². The topological polar surface area (TPSA) is 57.7 Å². The second-order valence-corrected chi connectivity index (χ2v) is 9.62. The predicted octanol–water partition coefficient (Wildman–Crippen LogP) is 4.01. The molecule has 1 amide bonds. The van der Waals surface area contributed by atoms with Gasteiger partial charge in [-0.15, -0.1) is 0 Å². The first-order valence-electron chi connectivity index (χ1n) is 9.91. The molecular weight excluding hydrogens is 405 g/mol. The molecule has 1 fully saturated rings. The first-order valence-corrected chi connectivity index (χ1v) is 11.4. The van der Waals surface area contributed by atoms with E-state index in [0.717, 1.165) is 5.56 Å². The van der Waals surface area contributed by atoms with Crippen molar-refractivity contribution in [3.05, 3.63) is 29.8 Å². The number of halogens is 3. The maximum absolute atomic E-state index is 12.9. The zero-order valence-electron chi connectivity index (χ0n) is 17.1. The maximum Gasteiger partial charge on any atom is 0.390 e. The molecule has 1 aromatic carbocycles. The van der Waals surface area contributed by atoms with E-state index in [1.165, 1.54) is 9.21 Å². The predicted molar refractivity (Wildman–Crippen MR) is 105 cm³/mol. The summed E-state index contributed by atoms with van der Waals surface area (Å²) in [5.74, 6) is -0.472. The fourth-order valence-electron chi connectivity index (χ4n) is 3.46. The molecule has 0 aromatic heterocycles. The van der Waals surface area contributed by atoms with Crippen molar-refractivity contribution < 1.29 is 26.4 Å². The lowest BCUT2D eigenvalue weighted by Gasteiger charge is -2.33. The maximum atomic E-state index is 12.9. The van der Waals surface area contributed by atoms with Crippen LogP contribution in [0.3, 0.4) is 0 Å². The number of hydrogen-bond donors (Lipinski definition) is 0. The van der Waals surface area contributed by atoms with Crippen LogP contribution in [0.15, 0.2) is 29.2 Å². The minimum Gasteiger partial charge on any atom is -0.342 e. The van der Waals surface area contributed by atoms with Crippen LogP contribution in [-0.2, 0) is 14.8 Å². The Kier molecular flexibility index (Phi) is 7.73. The first kappa shape index (κ1) is 23.7. The average Bonchev–Trinajstić information content (AvgIpc) is 2.67. The molecule has 0 aliphatic carbocycles. The van der Waals surface area contributed by atoms with Crippen LogP contribution in [0.4, 0.5) is 13.2 Å². The van der Waals surface area contributed by atoms with Crippen molar-refractivity contribution in [2.24, 2.45) is 5.92 Å². The van der Waals surface area contributed by atoms with Crippen LogP contribution in [0, 0.1) is 5.92 Å². The molecule has 29 heavy (non-hydrogen) atoms. The van der Waals surface area contributed by atoms with Crippen LogP contribution < -0.4 is 0 Å². The molecule has 1 saturated heterocycles. The summed E-state index contributed by atoms with van der Waals surface area (Å²) in [6.45, 7) is 5.91. The van der Waals surface area contributed by atoms with Crippen LogP contribution >= 0.6 is 0 Å². The van der Waals surface area contributed by atoms with E-state index in [0.29, 0.717) is 18.8 Å². The van der Waals surface area contributed by atoms with Gasteiger partial charge in [-0.25, -0.2) is 8.42 Å². The summed E-state index contributed by atoms with van der Waals surface area (Å²) in [5.41, 5.74) is 1.05. The standard InChI is InChI=1S/C20H29F3N2O3S/c1-4-24(14-11-20(21,22)23)19(26)17-9-12-25(13-10-17)29(27,28)18-7-5-16(6-8-18)15(2)3/h5-8,15,17H,4,9-14H2,1-3H3. The zero-order chi connectivity index (χ0) is 21.8. The van der Waals surface area contributed by atoms with Gasteiger partial charge in [0.15, 0.2) is 0 Å². The summed E-state index contributed by atoms with van der Waals surface area (Å²) in [7, 11) is -3.65. The van der Waals surface area contributed by atoms with Gasteiger partial charge < -0.3 is 4.90 Å². The highest BCUT2D eigenvalue weighted by Crippen LogP contribution is 2.27. The Morgan fingerprint density at radius 2 is 1.72 bits per heavy atom. The lowest BCUT2D eigenvalue weighted by molar-refractivity contribution is -0.148. The van der Waals surface area contributed by atoms with Gasteiger partial charge in [0.1, 0.15) is 0 Å². The molecule has 0 radical (unpaired) electrons. The minimum atomic E-state index is -4.31. The number of amides is 1. The highest BCUT2D eigenvalue weighted by atomic mass is 32.2. The van der Waals surface area contributed by atoms with Gasteiger partial charge in [-0.3, -0.25) is 4.79 Å². The zero-order valence-corrected chi connectivity index (χ0v) is 17.9. The molecule has 0 saturated carbocycles. The van der Waals surface area contributed by atoms with Crippen molar-refractivity contribution in [1.82, 2.24) is 9.21 Å². The number of rotatable bonds is 7. The van der Waals surface area contributed by atoms with E-state index in [1.807, 2.05) is 13.8 Å². The van der Waals surface area contributed by atoms with Crippen LogP contribution in [0.1, 0.15) is 51.5 Å². The Morgan fingerprint density at radius 3 is 2.17 bits per heavy atom. The lowest BCUT2D eigenvalue weighted by Crippen LogP contribution is -2.45. The van der Waals surface area contributed by atoms with Gasteiger partial charge in [-0.2, -0.15) is 17.5 Å². The fourth-order valence-corrected chi connectivity index (χ4v) is 4.93. The summed E-state index contributed by atoms with van der Waals surface area (Å²) in [4.78, 5) is 14.0. The van der Waals surface area contributed by atoms with Crippen molar-refractivity contribution in [3.63, 3.8) is 0 Å². The summed E-state index contributed by atoms with van der Waals surface area (Å²) >= 11 is 0. The van der Waals surface area contributed by atoms with E-state index in [1.54, 1.807) is 31.2 Å². The Bertz CT molecular complexity index is 784. The number of carbonyl (C=O) groups is 1. The molecule has 1 aliphatic rings. The SMILES string of the molecule is CCN(CCC(F)(F)F)C(=O)C1CCN(S(=O)(=O)c2ccc(C(C)C)cc2)CC1. The van der Waals surface area contributed by atoms with Crippen LogP contribution in [0.25, 0.3) is 0 Å². The summed E-state index contributed by atoms with van der Waals surface area (Å²) in [6, 6.07) is 6.79. The molecule has 1 aromatic rings. The van der Waals surface area contributed by atoms with E-state index in [-0.39, 0.29) is 37.0 Å². The van der Waals surface area contributed by atoms with Gasteiger partial charge in [-0.05, 0) is 43.4 Å². The third-order valence-electron chi connectivity index (χ3n) is 5.35. The lowest BCUT2D eigenvalue weighted by atomic mass is 9.96. The average molecular weight is 435 g/mol. The number of piperidine rings is 1. The molecule has 0 bridgehead atoms. The van der Waals surface area contributed by atoms with Crippen LogP contribution in [0.5, 0.6) is 0 Å². The van der Waals surface area contributed by atoms with Gasteiger partial charge >= 0.3 is 6.18 Å². The molecule has 1 heterocycles. The molecule has 2 rings (SSSR count). The first-order chi connectivity index (χ1) is 13.5. The van der Waals surface area contributed by atoms with Crippen molar-refractivity contribution in [2.75, 3.05) is 26.2 Å². The molecule has 164 valence electrons. The summed E-state index contributed by atoms with van der Waals surface area (Å²) in [5, 5.41) is 0. The molecule has 9 heteroatoms. The third kappa shape index (κ3) is 6.18. The molecule has 1 aliphatic heterocycles. The highest BCUT2D eigenvalue weighted by Gasteiger charge is 2.35. The Hall–Kier alpha value is -1.61. The monoisotopic (exact) mass is 434 g/mol. The van der Waals surface area contributed by atoms with E-state index in [4.69, 9.17) is 0 Å². The number of hydrogen-bond acceptors (Lipinski definition) is 3. The Morgan fingerprint density at radius 1 is 1.17 bits per heavy atom. The summed E-state index contributed by atoms with van der Waals surface area (Å²) in [6.07, 6.45) is -4.72. The van der Waals surface area contributed by atoms with E-state index in [2.05, 4.69) is 0 Å². The minimum absolute atomic E-state index is 0.182. The largest absolute Gasteiger partial charge is 0.390 e. The summed E-state index contributed by atoms with van der Waals surface area (Å²) < 4.78 is 64.4. The number of carbonyl (C=O) groups excluding carboxylic acids is 1. The molecule has 0 atom stereocenters. The van der Waals surface area contributed by atoms with Gasteiger partial charge in [0.2, 0.25) is 15.9 Å². The van der Waals surface area contributed by atoms with Crippen molar-refractivity contribution in [1.29, 1.82) is 0 Å². The van der Waals surface area contributed by atoms with Crippen molar-refractivity contribution in [3.8, 4) is 0 Å². The third-order valence-corrected chi connectivity index (χ3v) is 7.26. The quantitative estimate of drug-likeness (QED) is 0.652. The molecular formula is C20H29F3N2O3S. The van der Waals surface area contributed by atoms with Gasteiger partial charge in [0.05, 0.1) is 11.3 Å². The second kappa shape index (κ2) is 9.47. The van der Waals surface area contributed by atoms with Gasteiger partial charge in [-0.1, -0.05) is 26.0 Å². The number of nitrogens with zero attached hydrogens (tertiary/aromatic N) is 2. The molecule has 0 spiro atoms. The van der Waals surface area contributed by atoms with Crippen LogP contribution in [-0.4, -0.2) is 55.9 Å². The van der Waals surface area contributed by atoms with Gasteiger partial charge in [0, 0.05) is 32.1 Å². The number of benzene rings is 1. The van der Waals surface area contributed by atoms with Crippen molar-refractivity contribution >= 4 is 15.9 Å². The Labute approximate surface area is 170 Å². The normalized spacial score (nSPS) is 16.9. The Balaban J connectivity index is 1.99. The number of alkyl halides is 3. The highest BCUT2D eigenvalue weighted by molar-refractivity contribution is 7.89. The van der Waals surface area contributed by atoms with E-state index in [9.17, 15) is 26.4 Å². The van der Waals surface area contributed by atoms with Crippen molar-refractivity contribution in [2.45, 2.75) is 57.0 Å². The second-order valence-electron chi connectivity index (χ2n) is 7.69. The van der Waals surface area contributed by atoms with E-state index >= 15 is 0 Å².